The van der Waals surface area contributed by atoms with Gasteiger partial charge in [0.25, 0.3) is 0 Å². The van der Waals surface area contributed by atoms with Crippen molar-refractivity contribution in [2.24, 2.45) is 5.92 Å². The van der Waals surface area contributed by atoms with E-state index < -0.39 is 0 Å². The third-order valence-electron chi connectivity index (χ3n) is 14.9. The molecule has 11 aromatic carbocycles. The van der Waals surface area contributed by atoms with Crippen molar-refractivity contribution in [3.63, 3.8) is 0 Å². The molecule has 0 spiro atoms. The van der Waals surface area contributed by atoms with E-state index in [9.17, 15) is 0 Å². The Bertz CT molecular complexity index is 3600. The van der Waals surface area contributed by atoms with E-state index in [2.05, 4.69) is 234 Å². The molecule has 11 aromatic rings. The molecule has 0 amide bonds. The predicted octanol–water partition coefficient (Wildman–Crippen LogP) is 17.8. The van der Waals surface area contributed by atoms with Gasteiger partial charge in [0.05, 0.1) is 0 Å². The van der Waals surface area contributed by atoms with Crippen molar-refractivity contribution in [1.29, 1.82) is 0 Å². The zero-order valence-corrected chi connectivity index (χ0v) is 36.3. The first-order valence-corrected chi connectivity index (χ1v) is 22.6. The maximum Gasteiger partial charge on any atom is -0.00199 e. The monoisotopic (exact) mass is 804 g/mol. The molecule has 0 saturated carbocycles. The van der Waals surface area contributed by atoms with Crippen molar-refractivity contribution in [3.05, 3.63) is 217 Å². The minimum absolute atomic E-state index is 0.00274. The van der Waals surface area contributed by atoms with Crippen molar-refractivity contribution >= 4 is 53.9 Å². The summed E-state index contributed by atoms with van der Waals surface area (Å²) >= 11 is 0. The molecule has 0 heteroatoms. The van der Waals surface area contributed by atoms with Crippen LogP contribution in [0.4, 0.5) is 0 Å². The van der Waals surface area contributed by atoms with Crippen LogP contribution in [0.3, 0.4) is 0 Å². The highest BCUT2D eigenvalue weighted by Gasteiger charge is 2.45. The quantitative estimate of drug-likeness (QED) is 0.152. The van der Waals surface area contributed by atoms with Crippen LogP contribution < -0.4 is 0 Å². The van der Waals surface area contributed by atoms with Gasteiger partial charge in [-0.1, -0.05) is 222 Å². The summed E-state index contributed by atoms with van der Waals surface area (Å²) in [6.07, 6.45) is 0. The van der Waals surface area contributed by atoms with Gasteiger partial charge in [-0.15, -0.1) is 0 Å². The highest BCUT2D eigenvalue weighted by molar-refractivity contribution is 6.26. The molecule has 0 saturated heterocycles. The van der Waals surface area contributed by atoms with Gasteiger partial charge < -0.3 is 0 Å². The Balaban J connectivity index is 1.20. The SMILES string of the molecule is CC1c2c(c(-c3ccccc3)c3ccc(-c4ccc5c(-c6cccc7ccccc67)c6ccccc6c(-c6cccc7ccccc67)c5c4)cc3c2-c2ccccc2)C(C)(C)C1C. The van der Waals surface area contributed by atoms with Crippen LogP contribution in [0, 0.1) is 5.92 Å². The van der Waals surface area contributed by atoms with Crippen molar-refractivity contribution in [1.82, 2.24) is 0 Å². The van der Waals surface area contributed by atoms with Crippen molar-refractivity contribution in [3.8, 4) is 55.6 Å². The summed E-state index contributed by atoms with van der Waals surface area (Å²) in [4.78, 5) is 0. The van der Waals surface area contributed by atoms with Crippen LogP contribution in [0.15, 0.2) is 206 Å². The van der Waals surface area contributed by atoms with Crippen LogP contribution in [0.5, 0.6) is 0 Å². The van der Waals surface area contributed by atoms with E-state index in [1.54, 1.807) is 0 Å². The summed E-state index contributed by atoms with van der Waals surface area (Å²) in [7, 11) is 0. The lowest BCUT2D eigenvalue weighted by atomic mass is 9.74. The lowest BCUT2D eigenvalue weighted by Gasteiger charge is -2.29. The second kappa shape index (κ2) is 14.4. The zero-order chi connectivity index (χ0) is 42.4. The number of fused-ring (bicyclic) bond motifs is 6. The molecule has 300 valence electrons. The Kier molecular flexibility index (Phi) is 8.57. The summed E-state index contributed by atoms with van der Waals surface area (Å²) in [5.41, 5.74) is 15.9. The molecular formula is C63H48. The van der Waals surface area contributed by atoms with Crippen LogP contribution in [-0.2, 0) is 5.41 Å². The topological polar surface area (TPSA) is 0 Å². The van der Waals surface area contributed by atoms with Gasteiger partial charge in [-0.2, -0.15) is 0 Å². The zero-order valence-electron chi connectivity index (χ0n) is 36.3. The van der Waals surface area contributed by atoms with Gasteiger partial charge in [0.15, 0.2) is 0 Å². The fourth-order valence-corrected chi connectivity index (χ4v) is 11.6. The number of hydrogen-bond acceptors (Lipinski definition) is 0. The Morgan fingerprint density at radius 2 is 0.714 bits per heavy atom. The normalized spacial score (nSPS) is 15.7. The molecule has 0 N–H and O–H groups in total. The van der Waals surface area contributed by atoms with E-state index in [0.29, 0.717) is 11.8 Å². The molecule has 12 rings (SSSR count). The average Bonchev–Trinajstić information content (AvgIpc) is 3.51. The fraction of sp³-hybridized carbons (Fsp3) is 0.111. The lowest BCUT2D eigenvalue weighted by molar-refractivity contribution is 0.342. The van der Waals surface area contributed by atoms with E-state index in [-0.39, 0.29) is 5.41 Å². The average molecular weight is 805 g/mol. The molecule has 0 heterocycles. The molecule has 1 aliphatic carbocycles. The highest BCUT2D eigenvalue weighted by Crippen LogP contribution is 2.59. The molecule has 2 atom stereocenters. The standard InChI is InChI=1S/C63H48/c1-39-40(2)63(3,4)62-57(39)58(43-21-7-5-8-22-43)55-37-45(33-35-53(55)59(62)44-23-9-6-10-24-44)46-34-36-54-56(38-46)61(50-32-18-26-42-20-12-14-28-48(42)50)52-30-16-15-29-51(52)60(54)49-31-17-25-41-19-11-13-27-47(41)49/h5-40H,1-4H3. The van der Waals surface area contributed by atoms with E-state index in [1.165, 1.54) is 121 Å². The van der Waals surface area contributed by atoms with Crippen molar-refractivity contribution < 1.29 is 0 Å². The Labute approximate surface area is 370 Å². The van der Waals surface area contributed by atoms with Crippen LogP contribution in [0.25, 0.3) is 109 Å². The molecule has 0 nitrogen and oxygen atoms in total. The molecule has 2 unspecified atom stereocenters. The van der Waals surface area contributed by atoms with Crippen LogP contribution >= 0.6 is 0 Å². The lowest BCUT2D eigenvalue weighted by Crippen LogP contribution is -2.23. The number of hydrogen-bond donors (Lipinski definition) is 0. The molecule has 0 radical (unpaired) electrons. The van der Waals surface area contributed by atoms with E-state index in [1.807, 2.05) is 0 Å². The molecular weight excluding hydrogens is 757 g/mol. The Morgan fingerprint density at radius 3 is 1.25 bits per heavy atom. The number of rotatable bonds is 5. The minimum Gasteiger partial charge on any atom is -0.0622 e. The maximum absolute atomic E-state index is 2.51. The van der Waals surface area contributed by atoms with E-state index >= 15 is 0 Å². The van der Waals surface area contributed by atoms with E-state index in [4.69, 9.17) is 0 Å². The highest BCUT2D eigenvalue weighted by atomic mass is 14.5. The first kappa shape index (κ1) is 37.5. The largest absolute Gasteiger partial charge is 0.0622 e. The van der Waals surface area contributed by atoms with Crippen LogP contribution in [0.1, 0.15) is 44.7 Å². The summed E-state index contributed by atoms with van der Waals surface area (Å²) in [6.45, 7) is 9.87. The molecule has 0 fully saturated rings. The summed E-state index contributed by atoms with van der Waals surface area (Å²) in [5, 5.41) is 12.7. The summed E-state index contributed by atoms with van der Waals surface area (Å²) in [5.74, 6) is 0.873. The van der Waals surface area contributed by atoms with Gasteiger partial charge in [-0.05, 0) is 150 Å². The van der Waals surface area contributed by atoms with Gasteiger partial charge in [-0.3, -0.25) is 0 Å². The second-order valence-electron chi connectivity index (χ2n) is 18.4. The molecule has 0 aliphatic heterocycles. The Hall–Kier alpha value is -7.28. The molecule has 0 aromatic heterocycles. The van der Waals surface area contributed by atoms with Gasteiger partial charge in [0.2, 0.25) is 0 Å². The van der Waals surface area contributed by atoms with Crippen molar-refractivity contribution in [2.45, 2.75) is 39.0 Å². The van der Waals surface area contributed by atoms with Crippen LogP contribution in [-0.4, -0.2) is 0 Å². The van der Waals surface area contributed by atoms with Gasteiger partial charge >= 0.3 is 0 Å². The fourth-order valence-electron chi connectivity index (χ4n) is 11.6. The van der Waals surface area contributed by atoms with E-state index in [0.717, 1.165) is 0 Å². The van der Waals surface area contributed by atoms with Gasteiger partial charge in [0, 0.05) is 0 Å². The third-order valence-corrected chi connectivity index (χ3v) is 14.9. The summed E-state index contributed by atoms with van der Waals surface area (Å²) in [6, 6.07) is 77.2. The predicted molar refractivity (Wildman–Crippen MR) is 272 cm³/mol. The first-order chi connectivity index (χ1) is 30.9. The Morgan fingerprint density at radius 1 is 0.317 bits per heavy atom. The molecule has 1 aliphatic rings. The van der Waals surface area contributed by atoms with Gasteiger partial charge in [0.1, 0.15) is 0 Å². The maximum atomic E-state index is 2.51. The van der Waals surface area contributed by atoms with Gasteiger partial charge in [-0.25, -0.2) is 0 Å². The van der Waals surface area contributed by atoms with Crippen LogP contribution in [0.2, 0.25) is 0 Å². The number of benzene rings is 11. The minimum atomic E-state index is -0.00274. The smallest absolute Gasteiger partial charge is 0.00199 e. The summed E-state index contributed by atoms with van der Waals surface area (Å²) < 4.78 is 0. The first-order valence-electron chi connectivity index (χ1n) is 22.6. The third kappa shape index (κ3) is 5.67. The molecule has 0 bridgehead atoms. The van der Waals surface area contributed by atoms with Crippen molar-refractivity contribution in [2.75, 3.05) is 0 Å². The second-order valence-corrected chi connectivity index (χ2v) is 18.4. The molecule has 63 heavy (non-hydrogen) atoms.